The van der Waals surface area contributed by atoms with Gasteiger partial charge in [0.15, 0.2) is 9.84 Å². The first kappa shape index (κ1) is 23.4. The van der Waals surface area contributed by atoms with Gasteiger partial charge in [-0.2, -0.15) is 0 Å². The van der Waals surface area contributed by atoms with Crippen LogP contribution in [0.25, 0.3) is 11.3 Å². The molecule has 0 saturated carbocycles. The van der Waals surface area contributed by atoms with Crippen molar-refractivity contribution >= 4 is 15.7 Å². The monoisotopic (exact) mass is 443 g/mol. The molecule has 0 N–H and O–H groups in total. The van der Waals surface area contributed by atoms with Crippen LogP contribution in [-0.4, -0.2) is 61.5 Å². The topological polar surface area (TPSA) is 70.6 Å². The van der Waals surface area contributed by atoms with Crippen molar-refractivity contribution in [3.05, 3.63) is 48.2 Å². The molecule has 3 rings (SSSR count). The minimum atomic E-state index is -3.19. The van der Waals surface area contributed by atoms with E-state index in [1.54, 1.807) is 24.3 Å². The van der Waals surface area contributed by atoms with Crippen molar-refractivity contribution in [2.45, 2.75) is 50.6 Å². The molecule has 7 heteroatoms. The molecule has 2 aromatic rings. The van der Waals surface area contributed by atoms with Crippen LogP contribution in [0.15, 0.2) is 47.5 Å². The first-order valence-electron chi connectivity index (χ1n) is 10.9. The summed E-state index contributed by atoms with van der Waals surface area (Å²) in [4.78, 5) is 21.5. The highest BCUT2D eigenvalue weighted by atomic mass is 32.2. The van der Waals surface area contributed by atoms with Crippen LogP contribution in [0.1, 0.15) is 38.7 Å². The van der Waals surface area contributed by atoms with Gasteiger partial charge in [-0.15, -0.1) is 0 Å². The Morgan fingerprint density at radius 3 is 2.29 bits per heavy atom. The fourth-order valence-corrected chi connectivity index (χ4v) is 4.64. The van der Waals surface area contributed by atoms with E-state index < -0.39 is 9.84 Å². The minimum Gasteiger partial charge on any atom is -0.343 e. The van der Waals surface area contributed by atoms with E-state index in [9.17, 15) is 13.2 Å². The molecule has 2 heterocycles. The van der Waals surface area contributed by atoms with Crippen molar-refractivity contribution < 1.29 is 13.2 Å². The van der Waals surface area contributed by atoms with Gasteiger partial charge in [0.25, 0.3) is 0 Å². The molecule has 168 valence electrons. The van der Waals surface area contributed by atoms with Gasteiger partial charge in [-0.1, -0.05) is 32.0 Å². The third-order valence-electron chi connectivity index (χ3n) is 5.86. The molecule has 1 fully saturated rings. The van der Waals surface area contributed by atoms with Gasteiger partial charge in [0.1, 0.15) is 0 Å². The largest absolute Gasteiger partial charge is 0.343 e. The third kappa shape index (κ3) is 6.37. The van der Waals surface area contributed by atoms with E-state index in [1.807, 2.05) is 17.2 Å². The molecule has 0 unspecified atom stereocenters. The lowest BCUT2D eigenvalue weighted by Gasteiger charge is -2.37. The maximum absolute atomic E-state index is 12.3. The van der Waals surface area contributed by atoms with Gasteiger partial charge in [0, 0.05) is 50.1 Å². The van der Waals surface area contributed by atoms with Crippen LogP contribution < -0.4 is 0 Å². The van der Waals surface area contributed by atoms with Crippen LogP contribution in [0.4, 0.5) is 0 Å². The molecule has 1 aliphatic rings. The Kier molecular flexibility index (Phi) is 7.49. The summed E-state index contributed by atoms with van der Waals surface area (Å²) in [6.07, 6.45) is 5.73. The number of pyridine rings is 1. The van der Waals surface area contributed by atoms with Gasteiger partial charge in [0.05, 0.1) is 10.6 Å². The third-order valence-corrected chi connectivity index (χ3v) is 6.99. The molecule has 1 aromatic carbocycles. The number of likely N-dealkylation sites (tertiary alicyclic amines) is 1. The van der Waals surface area contributed by atoms with Crippen LogP contribution >= 0.6 is 0 Å². The number of rotatable bonds is 7. The Bertz CT molecular complexity index is 978. The summed E-state index contributed by atoms with van der Waals surface area (Å²) in [6, 6.07) is 11.3. The number of benzene rings is 1. The second-order valence-electron chi connectivity index (χ2n) is 8.97. The number of aromatic nitrogens is 1. The summed E-state index contributed by atoms with van der Waals surface area (Å²) in [7, 11) is -1.06. The number of carbonyl (C=O) groups excluding carboxylic acids is 1. The highest BCUT2D eigenvalue weighted by Crippen LogP contribution is 2.22. The van der Waals surface area contributed by atoms with Crippen molar-refractivity contribution in [2.75, 3.05) is 26.4 Å². The smallest absolute Gasteiger partial charge is 0.222 e. The normalized spacial score (nSPS) is 15.6. The minimum absolute atomic E-state index is 0.278. The number of hydrogen-bond donors (Lipinski definition) is 0. The quantitative estimate of drug-likeness (QED) is 0.654. The first-order chi connectivity index (χ1) is 14.6. The number of amides is 1. The second-order valence-corrected chi connectivity index (χ2v) is 11.0. The predicted molar refractivity (Wildman–Crippen MR) is 123 cm³/mol. The molecule has 0 bridgehead atoms. The standard InChI is InChI=1S/C24H33N3O3S/c1-18(2)15-24(28)27-13-11-21(12-14-27)26(3)17-19-5-10-23(25-16-19)20-6-8-22(9-7-20)31(4,29)30/h5-10,16,18,21H,11-15,17H2,1-4H3. The molecule has 0 spiro atoms. The zero-order valence-electron chi connectivity index (χ0n) is 18.9. The Labute approximate surface area is 186 Å². The molecular weight excluding hydrogens is 410 g/mol. The zero-order valence-corrected chi connectivity index (χ0v) is 19.7. The molecule has 1 amide bonds. The second kappa shape index (κ2) is 9.92. The lowest BCUT2D eigenvalue weighted by Crippen LogP contribution is -2.45. The Morgan fingerprint density at radius 1 is 1.13 bits per heavy atom. The van der Waals surface area contributed by atoms with E-state index in [2.05, 4.69) is 36.8 Å². The summed E-state index contributed by atoms with van der Waals surface area (Å²) in [6.45, 7) is 6.65. The van der Waals surface area contributed by atoms with Crippen molar-refractivity contribution in [3.8, 4) is 11.3 Å². The molecule has 1 aliphatic heterocycles. The average molecular weight is 444 g/mol. The van der Waals surface area contributed by atoms with Crippen LogP contribution in [-0.2, 0) is 21.2 Å². The molecule has 0 atom stereocenters. The Hall–Kier alpha value is -2.25. The van der Waals surface area contributed by atoms with Gasteiger partial charge in [-0.25, -0.2) is 8.42 Å². The summed E-state index contributed by atoms with van der Waals surface area (Å²) in [5.41, 5.74) is 2.85. The number of carbonyl (C=O) groups is 1. The fourth-order valence-electron chi connectivity index (χ4n) is 4.01. The maximum Gasteiger partial charge on any atom is 0.222 e. The van der Waals surface area contributed by atoms with Gasteiger partial charge in [-0.05, 0) is 49.6 Å². The van der Waals surface area contributed by atoms with Crippen molar-refractivity contribution in [1.82, 2.24) is 14.8 Å². The van der Waals surface area contributed by atoms with Gasteiger partial charge in [-0.3, -0.25) is 14.7 Å². The molecule has 1 saturated heterocycles. The van der Waals surface area contributed by atoms with Crippen LogP contribution in [0.5, 0.6) is 0 Å². The zero-order chi connectivity index (χ0) is 22.6. The van der Waals surface area contributed by atoms with Gasteiger partial charge >= 0.3 is 0 Å². The Balaban J connectivity index is 1.55. The summed E-state index contributed by atoms with van der Waals surface area (Å²) in [5.74, 6) is 0.682. The van der Waals surface area contributed by atoms with E-state index in [0.29, 0.717) is 23.3 Å². The number of piperidine rings is 1. The van der Waals surface area contributed by atoms with Gasteiger partial charge in [0.2, 0.25) is 5.91 Å². The molecule has 1 aromatic heterocycles. The molecule has 6 nitrogen and oxygen atoms in total. The summed E-state index contributed by atoms with van der Waals surface area (Å²) in [5, 5.41) is 0. The van der Waals surface area contributed by atoms with E-state index in [4.69, 9.17) is 0 Å². The maximum atomic E-state index is 12.3. The lowest BCUT2D eigenvalue weighted by atomic mass is 10.0. The predicted octanol–water partition coefficient (Wildman–Crippen LogP) is 3.62. The summed E-state index contributed by atoms with van der Waals surface area (Å²) >= 11 is 0. The van der Waals surface area contributed by atoms with Crippen LogP contribution in [0, 0.1) is 5.92 Å². The molecule has 31 heavy (non-hydrogen) atoms. The number of nitrogens with zero attached hydrogens (tertiary/aromatic N) is 3. The Morgan fingerprint density at radius 2 is 1.77 bits per heavy atom. The van der Waals surface area contributed by atoms with E-state index in [1.165, 1.54) is 6.26 Å². The first-order valence-corrected chi connectivity index (χ1v) is 12.8. The average Bonchev–Trinajstić information content (AvgIpc) is 2.73. The fraction of sp³-hybridized carbons (Fsp3) is 0.500. The number of hydrogen-bond acceptors (Lipinski definition) is 5. The van der Waals surface area contributed by atoms with Crippen molar-refractivity contribution in [1.29, 1.82) is 0 Å². The van der Waals surface area contributed by atoms with Crippen LogP contribution in [0.3, 0.4) is 0 Å². The highest BCUT2D eigenvalue weighted by Gasteiger charge is 2.25. The van der Waals surface area contributed by atoms with Crippen LogP contribution in [0.2, 0.25) is 0 Å². The van der Waals surface area contributed by atoms with Crippen molar-refractivity contribution in [2.24, 2.45) is 5.92 Å². The SMILES string of the molecule is CC(C)CC(=O)N1CCC(N(C)Cc2ccc(-c3ccc(S(C)(=O)=O)cc3)nc2)CC1. The molecule has 0 radical (unpaired) electrons. The molecular formula is C24H33N3O3S. The van der Waals surface area contributed by atoms with E-state index >= 15 is 0 Å². The molecule has 0 aliphatic carbocycles. The van der Waals surface area contributed by atoms with E-state index in [0.717, 1.165) is 49.3 Å². The highest BCUT2D eigenvalue weighted by molar-refractivity contribution is 7.90. The summed E-state index contributed by atoms with van der Waals surface area (Å²) < 4.78 is 23.2. The lowest BCUT2D eigenvalue weighted by molar-refractivity contribution is -0.133. The van der Waals surface area contributed by atoms with E-state index in [-0.39, 0.29) is 5.91 Å². The number of sulfone groups is 1. The van der Waals surface area contributed by atoms with Gasteiger partial charge < -0.3 is 4.90 Å². The van der Waals surface area contributed by atoms with Crippen molar-refractivity contribution in [3.63, 3.8) is 0 Å².